The summed E-state index contributed by atoms with van der Waals surface area (Å²) < 4.78 is 5.44. The van der Waals surface area contributed by atoms with E-state index in [1.165, 1.54) is 0 Å². The molecule has 3 nitrogen and oxygen atoms in total. The first-order valence-electron chi connectivity index (χ1n) is 4.13. The van der Waals surface area contributed by atoms with Crippen molar-refractivity contribution in [2.75, 3.05) is 6.61 Å². The molecule has 1 unspecified atom stereocenters. The third-order valence-corrected chi connectivity index (χ3v) is 1.95. The van der Waals surface area contributed by atoms with E-state index in [0.717, 1.165) is 5.57 Å². The second-order valence-electron chi connectivity index (χ2n) is 3.11. The van der Waals surface area contributed by atoms with Gasteiger partial charge in [0.15, 0.2) is 0 Å². The molecule has 0 aromatic rings. The number of rotatable bonds is 2. The lowest BCUT2D eigenvalue weighted by molar-refractivity contribution is 0.0475. The Labute approximate surface area is 73.1 Å². The SMILES string of the molecule is CCOC1C(C)=CC=CC1(N)N. The fraction of sp³-hybridized carbons (Fsp3) is 0.556. The molecule has 0 spiro atoms. The maximum atomic E-state index is 5.82. The van der Waals surface area contributed by atoms with Crippen molar-refractivity contribution in [2.45, 2.75) is 25.6 Å². The Hall–Kier alpha value is -0.640. The Kier molecular flexibility index (Phi) is 2.67. The third-order valence-electron chi connectivity index (χ3n) is 1.95. The molecular weight excluding hydrogens is 152 g/mol. The number of hydrogen-bond acceptors (Lipinski definition) is 3. The summed E-state index contributed by atoms with van der Waals surface area (Å²) in [7, 11) is 0. The largest absolute Gasteiger partial charge is 0.370 e. The second kappa shape index (κ2) is 3.39. The predicted molar refractivity (Wildman–Crippen MR) is 49.4 cm³/mol. The third kappa shape index (κ3) is 1.75. The van der Waals surface area contributed by atoms with E-state index in [0.29, 0.717) is 6.61 Å². The van der Waals surface area contributed by atoms with Crippen molar-refractivity contribution in [1.82, 2.24) is 0 Å². The first-order valence-corrected chi connectivity index (χ1v) is 4.13. The molecule has 68 valence electrons. The van der Waals surface area contributed by atoms with Crippen molar-refractivity contribution in [3.8, 4) is 0 Å². The Morgan fingerprint density at radius 2 is 2.25 bits per heavy atom. The van der Waals surface area contributed by atoms with E-state index in [1.54, 1.807) is 6.08 Å². The van der Waals surface area contributed by atoms with Gasteiger partial charge < -0.3 is 16.2 Å². The van der Waals surface area contributed by atoms with Gasteiger partial charge in [0.2, 0.25) is 0 Å². The summed E-state index contributed by atoms with van der Waals surface area (Å²) in [5, 5.41) is 0. The Morgan fingerprint density at radius 3 is 2.75 bits per heavy atom. The predicted octanol–water partition coefficient (Wildman–Crippen LogP) is 0.521. The first kappa shape index (κ1) is 9.45. The molecule has 0 saturated carbocycles. The molecule has 12 heavy (non-hydrogen) atoms. The number of allylic oxidation sites excluding steroid dienone is 2. The van der Waals surface area contributed by atoms with E-state index >= 15 is 0 Å². The average molecular weight is 168 g/mol. The topological polar surface area (TPSA) is 61.3 Å². The molecule has 1 atom stereocenters. The number of nitrogens with two attached hydrogens (primary N) is 2. The van der Waals surface area contributed by atoms with Gasteiger partial charge in [0.1, 0.15) is 11.8 Å². The normalized spacial score (nSPS) is 27.0. The minimum Gasteiger partial charge on any atom is -0.370 e. The van der Waals surface area contributed by atoms with Gasteiger partial charge >= 0.3 is 0 Å². The van der Waals surface area contributed by atoms with Gasteiger partial charge in [0.05, 0.1) is 0 Å². The van der Waals surface area contributed by atoms with E-state index in [-0.39, 0.29) is 6.10 Å². The van der Waals surface area contributed by atoms with Crippen LogP contribution in [0, 0.1) is 0 Å². The molecule has 1 aliphatic rings. The maximum absolute atomic E-state index is 5.82. The highest BCUT2D eigenvalue weighted by molar-refractivity contribution is 5.29. The molecular formula is C9H16N2O. The van der Waals surface area contributed by atoms with Gasteiger partial charge in [-0.05, 0) is 25.5 Å². The molecule has 4 N–H and O–H groups in total. The van der Waals surface area contributed by atoms with Crippen molar-refractivity contribution in [3.05, 3.63) is 23.8 Å². The molecule has 0 radical (unpaired) electrons. The van der Waals surface area contributed by atoms with Crippen molar-refractivity contribution in [3.63, 3.8) is 0 Å². The summed E-state index contributed by atoms with van der Waals surface area (Å²) >= 11 is 0. The van der Waals surface area contributed by atoms with Crippen LogP contribution in [0.5, 0.6) is 0 Å². The summed E-state index contributed by atoms with van der Waals surface area (Å²) in [5.74, 6) is 0. The van der Waals surface area contributed by atoms with Gasteiger partial charge in [-0.2, -0.15) is 0 Å². The molecule has 3 heteroatoms. The Bertz CT molecular complexity index is 219. The lowest BCUT2D eigenvalue weighted by Gasteiger charge is -2.33. The van der Waals surface area contributed by atoms with Gasteiger partial charge in [-0.3, -0.25) is 0 Å². The summed E-state index contributed by atoms with van der Waals surface area (Å²) in [5.41, 5.74) is 11.9. The zero-order valence-electron chi connectivity index (χ0n) is 7.58. The molecule has 0 amide bonds. The second-order valence-corrected chi connectivity index (χ2v) is 3.11. The molecule has 1 aliphatic carbocycles. The highest BCUT2D eigenvalue weighted by atomic mass is 16.5. The van der Waals surface area contributed by atoms with E-state index in [9.17, 15) is 0 Å². The van der Waals surface area contributed by atoms with Crippen molar-refractivity contribution < 1.29 is 4.74 Å². The van der Waals surface area contributed by atoms with E-state index in [2.05, 4.69) is 0 Å². The summed E-state index contributed by atoms with van der Waals surface area (Å²) in [6.45, 7) is 4.53. The standard InChI is InChI=1S/C9H16N2O/c1-3-12-8-7(2)5-4-6-9(8,10)11/h4-6,8H,3,10-11H2,1-2H3. The van der Waals surface area contributed by atoms with Crippen LogP contribution in [0.1, 0.15) is 13.8 Å². The van der Waals surface area contributed by atoms with Crippen LogP contribution in [-0.2, 0) is 4.74 Å². The molecule has 0 aromatic heterocycles. The Balaban J connectivity index is 2.80. The highest BCUT2D eigenvalue weighted by Gasteiger charge is 2.31. The molecule has 0 heterocycles. The zero-order valence-corrected chi connectivity index (χ0v) is 7.58. The van der Waals surface area contributed by atoms with Crippen LogP contribution < -0.4 is 11.5 Å². The first-order chi connectivity index (χ1) is 5.58. The highest BCUT2D eigenvalue weighted by Crippen LogP contribution is 2.19. The molecule has 1 rings (SSSR count). The lowest BCUT2D eigenvalue weighted by atomic mass is 9.93. The van der Waals surface area contributed by atoms with E-state index < -0.39 is 5.66 Å². The quantitative estimate of drug-likeness (QED) is 0.591. The van der Waals surface area contributed by atoms with E-state index in [1.807, 2.05) is 26.0 Å². The van der Waals surface area contributed by atoms with Gasteiger partial charge in [-0.15, -0.1) is 0 Å². The average Bonchev–Trinajstić information content (AvgIpc) is 1.97. The molecule has 0 aromatic carbocycles. The van der Waals surface area contributed by atoms with Crippen LogP contribution in [0.3, 0.4) is 0 Å². The van der Waals surface area contributed by atoms with Crippen LogP contribution in [0.4, 0.5) is 0 Å². The van der Waals surface area contributed by atoms with Gasteiger partial charge in [0.25, 0.3) is 0 Å². The van der Waals surface area contributed by atoms with Crippen molar-refractivity contribution in [2.24, 2.45) is 11.5 Å². The number of ether oxygens (including phenoxy) is 1. The minimum absolute atomic E-state index is 0.188. The van der Waals surface area contributed by atoms with Crippen molar-refractivity contribution in [1.29, 1.82) is 0 Å². The van der Waals surface area contributed by atoms with Gasteiger partial charge in [-0.1, -0.05) is 12.2 Å². The summed E-state index contributed by atoms with van der Waals surface area (Å²) in [6, 6.07) is 0. The maximum Gasteiger partial charge on any atom is 0.114 e. The van der Waals surface area contributed by atoms with Gasteiger partial charge in [-0.25, -0.2) is 0 Å². The van der Waals surface area contributed by atoms with Crippen LogP contribution in [0.25, 0.3) is 0 Å². The molecule has 0 aliphatic heterocycles. The lowest BCUT2D eigenvalue weighted by Crippen LogP contribution is -2.59. The number of hydrogen-bond donors (Lipinski definition) is 2. The fourth-order valence-corrected chi connectivity index (χ4v) is 1.38. The summed E-state index contributed by atoms with van der Waals surface area (Å²) in [6.07, 6.45) is 5.41. The Morgan fingerprint density at radius 1 is 1.58 bits per heavy atom. The van der Waals surface area contributed by atoms with Crippen LogP contribution in [-0.4, -0.2) is 18.4 Å². The minimum atomic E-state index is -0.852. The zero-order chi connectivity index (χ0) is 9.19. The smallest absolute Gasteiger partial charge is 0.114 e. The molecule has 0 fully saturated rings. The van der Waals surface area contributed by atoms with Crippen molar-refractivity contribution >= 4 is 0 Å². The molecule has 0 bridgehead atoms. The van der Waals surface area contributed by atoms with E-state index in [4.69, 9.17) is 16.2 Å². The van der Waals surface area contributed by atoms with Gasteiger partial charge in [0, 0.05) is 6.61 Å². The monoisotopic (exact) mass is 168 g/mol. The molecule has 0 saturated heterocycles. The van der Waals surface area contributed by atoms with Crippen LogP contribution >= 0.6 is 0 Å². The summed E-state index contributed by atoms with van der Waals surface area (Å²) in [4.78, 5) is 0. The van der Waals surface area contributed by atoms with Crippen LogP contribution in [0.15, 0.2) is 23.8 Å². The van der Waals surface area contributed by atoms with Crippen LogP contribution in [0.2, 0.25) is 0 Å². The fourth-order valence-electron chi connectivity index (χ4n) is 1.38.